The number of nitrogens with zero attached hydrogens (tertiary/aromatic N) is 3. The second-order valence-corrected chi connectivity index (χ2v) is 23.6. The van der Waals surface area contributed by atoms with E-state index < -0.39 is 5.97 Å². The first-order chi connectivity index (χ1) is 41.2. The van der Waals surface area contributed by atoms with E-state index in [9.17, 15) is 14.4 Å². The maximum Gasteiger partial charge on any atom is 0.309 e. The Balaban J connectivity index is 0.000000189. The average Bonchev–Trinajstić information content (AvgIpc) is 4.45. The maximum atomic E-state index is 11.6. The Bertz CT molecular complexity index is 2580. The van der Waals surface area contributed by atoms with Crippen molar-refractivity contribution in [3.63, 3.8) is 0 Å². The first-order valence-corrected chi connectivity index (χ1v) is 30.4. The van der Waals surface area contributed by atoms with Crippen molar-refractivity contribution in [3.8, 4) is 0 Å². The molecule has 5 aromatic rings. The number of rotatable bonds is 29. The number of hydrogen-bond acceptors (Lipinski definition) is 12. The molecule has 5 aromatic carbocycles. The molecule has 5 saturated carbocycles. The number of aliphatic hydroxyl groups excluding tert-OH is 1. The van der Waals surface area contributed by atoms with Crippen LogP contribution in [0.3, 0.4) is 0 Å². The van der Waals surface area contributed by atoms with E-state index in [0.717, 1.165) is 62.3 Å². The maximum absolute atomic E-state index is 11.6. The van der Waals surface area contributed by atoms with Crippen LogP contribution in [0.4, 0.5) is 0 Å². The van der Waals surface area contributed by atoms with Crippen molar-refractivity contribution in [2.75, 3.05) is 102 Å². The predicted molar refractivity (Wildman–Crippen MR) is 336 cm³/mol. The van der Waals surface area contributed by atoms with Gasteiger partial charge in [-0.05, 0) is 136 Å². The second-order valence-electron chi connectivity index (χ2n) is 23.6. The van der Waals surface area contributed by atoms with Crippen molar-refractivity contribution in [1.82, 2.24) is 14.7 Å². The first kappa shape index (κ1) is 69.7. The molecule has 0 spiro atoms. The molecule has 85 heavy (non-hydrogen) atoms. The third-order valence-electron chi connectivity index (χ3n) is 15.1. The number of esters is 1. The molecule has 464 valence electrons. The first-order valence-electron chi connectivity index (χ1n) is 30.4. The zero-order valence-electron chi connectivity index (χ0n) is 51.8. The highest BCUT2D eigenvalue weighted by Crippen LogP contribution is 2.42. The van der Waals surface area contributed by atoms with Gasteiger partial charge in [0.25, 0.3) is 0 Å². The molecule has 10 unspecified atom stereocenters. The van der Waals surface area contributed by atoms with Gasteiger partial charge in [-0.3, -0.25) is 14.4 Å². The summed E-state index contributed by atoms with van der Waals surface area (Å²) >= 11 is 0. The highest BCUT2D eigenvalue weighted by atomic mass is 16.5. The molecule has 14 heteroatoms. The molecule has 0 aromatic heterocycles. The standard InChI is InChI=1S/C14H19NO2.C14H21NO.C14H18O3.C12H14O3.C10H12O.C7H15NO/c1-15(2)14(16)13-8-12(13)10-17-9-11-6-4-3-5-7-11;1-15(2)9-13-8-14(13)11-16-10-12-6-4-3-5-7-12;1-2-17-14(15)13-8-12(13)10-16-9-11-6-4-3-5-7-11;13-12(14)11-6-10(11)8-15-7-9-4-2-1-3-5-9;1-2-8-11-9-10-6-4-3-5-7-10;1-8(2)4-6-3-7(6)5-9/h3-7,12-13H,8-10H2,1-2H3;3-7,13-14H,8-11H2,1-2H3;3-7,12-13H,2,8-10H2,1H3;1-5,10-11H,6-8H2,(H,13,14);2-7H,1,8-9H2;6-7,9H,3-5H2,1-2H3. The third-order valence-corrected chi connectivity index (χ3v) is 15.1. The van der Waals surface area contributed by atoms with Gasteiger partial charge in [0.15, 0.2) is 0 Å². The molecular formula is C71H99N3O11. The van der Waals surface area contributed by atoms with Crippen LogP contribution in [0.25, 0.3) is 0 Å². The van der Waals surface area contributed by atoms with Gasteiger partial charge in [0, 0.05) is 39.7 Å². The Labute approximate surface area is 508 Å². The van der Waals surface area contributed by atoms with E-state index in [0.29, 0.717) is 83.8 Å². The lowest BCUT2D eigenvalue weighted by Crippen LogP contribution is -2.24. The monoisotopic (exact) mass is 1170 g/mol. The van der Waals surface area contributed by atoms with Gasteiger partial charge < -0.3 is 53.3 Å². The molecule has 5 fully saturated rings. The van der Waals surface area contributed by atoms with E-state index in [1.165, 1.54) is 41.6 Å². The van der Waals surface area contributed by atoms with Crippen LogP contribution < -0.4 is 0 Å². The van der Waals surface area contributed by atoms with E-state index >= 15 is 0 Å². The molecule has 5 aliphatic rings. The molecule has 5 aliphatic carbocycles. The normalized spacial score (nSPS) is 22.3. The summed E-state index contributed by atoms with van der Waals surface area (Å²) in [6.45, 7) is 15.3. The number of aliphatic carboxylic acids is 1. The molecule has 10 atom stereocenters. The summed E-state index contributed by atoms with van der Waals surface area (Å²) in [7, 11) is 12.0. The number of amides is 1. The van der Waals surface area contributed by atoms with Gasteiger partial charge in [-0.25, -0.2) is 0 Å². The molecule has 0 heterocycles. The molecule has 0 aliphatic heterocycles. The fourth-order valence-electron chi connectivity index (χ4n) is 9.65. The topological polar surface area (TPSA) is 157 Å². The highest BCUT2D eigenvalue weighted by molar-refractivity contribution is 5.81. The Kier molecular flexibility index (Phi) is 32.5. The van der Waals surface area contributed by atoms with Crippen molar-refractivity contribution in [1.29, 1.82) is 0 Å². The molecule has 0 saturated heterocycles. The molecular weight excluding hydrogens is 1070 g/mol. The largest absolute Gasteiger partial charge is 0.481 e. The van der Waals surface area contributed by atoms with Crippen molar-refractivity contribution in [2.45, 2.75) is 72.1 Å². The summed E-state index contributed by atoms with van der Waals surface area (Å²) in [5.74, 6) is 3.65. The lowest BCUT2D eigenvalue weighted by molar-refractivity contribution is -0.145. The van der Waals surface area contributed by atoms with Gasteiger partial charge in [0.2, 0.25) is 5.91 Å². The van der Waals surface area contributed by atoms with Crippen molar-refractivity contribution in [2.24, 2.45) is 59.2 Å². The fourth-order valence-corrected chi connectivity index (χ4v) is 9.65. The fraction of sp³-hybridized carbons (Fsp3) is 0.507. The van der Waals surface area contributed by atoms with Crippen LogP contribution in [-0.2, 0) is 75.8 Å². The summed E-state index contributed by atoms with van der Waals surface area (Å²) in [4.78, 5) is 39.7. The van der Waals surface area contributed by atoms with Gasteiger partial charge in [0.1, 0.15) is 0 Å². The summed E-state index contributed by atoms with van der Waals surface area (Å²) in [6.07, 6.45) is 6.98. The quantitative estimate of drug-likeness (QED) is 0.0265. The lowest BCUT2D eigenvalue weighted by atomic mass is 10.2. The van der Waals surface area contributed by atoms with Crippen LogP contribution in [0.2, 0.25) is 0 Å². The van der Waals surface area contributed by atoms with Crippen LogP contribution in [0.15, 0.2) is 164 Å². The number of carbonyl (C=O) groups is 3. The van der Waals surface area contributed by atoms with E-state index in [2.05, 4.69) is 81.0 Å². The number of carbonyl (C=O) groups excluding carboxylic acids is 2. The minimum Gasteiger partial charge on any atom is -0.481 e. The summed E-state index contributed by atoms with van der Waals surface area (Å²) in [5, 5.41) is 17.4. The zero-order valence-corrected chi connectivity index (χ0v) is 51.8. The van der Waals surface area contributed by atoms with Crippen molar-refractivity contribution in [3.05, 3.63) is 192 Å². The minimum atomic E-state index is -0.691. The Morgan fingerprint density at radius 1 is 0.459 bits per heavy atom. The number of hydrogen-bond donors (Lipinski definition) is 2. The molecule has 10 rings (SSSR count). The van der Waals surface area contributed by atoms with Crippen LogP contribution in [0, 0.1) is 59.2 Å². The Hall–Kier alpha value is -6.07. The zero-order chi connectivity index (χ0) is 61.2. The Morgan fingerprint density at radius 2 is 0.788 bits per heavy atom. The summed E-state index contributed by atoms with van der Waals surface area (Å²) in [6, 6.07) is 50.6. The molecule has 2 N–H and O–H groups in total. The third kappa shape index (κ3) is 30.2. The average molecular weight is 1170 g/mol. The second kappa shape index (κ2) is 39.6. The van der Waals surface area contributed by atoms with Crippen LogP contribution in [-0.4, -0.2) is 144 Å². The van der Waals surface area contributed by atoms with E-state index in [1.807, 2.05) is 136 Å². The SMILES string of the molecule is C=CCOCc1ccccc1.CCOC(=O)C1CC1COCc1ccccc1.CN(C)C(=O)C1CC1COCc1ccccc1.CN(C)CC1CC1CO.CN(C)CC1CC1COCc1ccccc1.O=C(O)C1CC1COCc1ccccc1. The molecule has 1 amide bonds. The van der Waals surface area contributed by atoms with Crippen LogP contribution in [0.5, 0.6) is 0 Å². The van der Waals surface area contributed by atoms with Gasteiger partial charge in [-0.2, -0.15) is 0 Å². The molecule has 0 bridgehead atoms. The smallest absolute Gasteiger partial charge is 0.309 e. The van der Waals surface area contributed by atoms with E-state index in [4.69, 9.17) is 38.6 Å². The number of benzene rings is 5. The number of carboxylic acid groups (broad SMARTS) is 1. The molecule has 14 nitrogen and oxygen atoms in total. The van der Waals surface area contributed by atoms with Gasteiger partial charge in [-0.15, -0.1) is 6.58 Å². The van der Waals surface area contributed by atoms with Crippen molar-refractivity contribution < 1.29 is 53.0 Å². The minimum absolute atomic E-state index is 0.0687. The number of aliphatic hydroxyl groups is 1. The summed E-state index contributed by atoms with van der Waals surface area (Å²) < 4.78 is 32.6. The van der Waals surface area contributed by atoms with E-state index in [-0.39, 0.29) is 35.5 Å². The lowest BCUT2D eigenvalue weighted by Gasteiger charge is -2.09. The number of carboxylic acids is 1. The summed E-state index contributed by atoms with van der Waals surface area (Å²) in [5.41, 5.74) is 5.95. The van der Waals surface area contributed by atoms with Gasteiger partial charge >= 0.3 is 11.9 Å². The number of ether oxygens (including phenoxy) is 6. The highest BCUT2D eigenvalue weighted by Gasteiger charge is 2.45. The van der Waals surface area contributed by atoms with Gasteiger partial charge in [0.05, 0.1) is 84.5 Å². The van der Waals surface area contributed by atoms with E-state index in [1.54, 1.807) is 11.0 Å². The Morgan fingerprint density at radius 3 is 1.12 bits per heavy atom. The predicted octanol–water partition coefficient (Wildman–Crippen LogP) is 11.2. The van der Waals surface area contributed by atoms with Crippen molar-refractivity contribution >= 4 is 17.8 Å². The molecule has 0 radical (unpaired) electrons. The van der Waals surface area contributed by atoms with Gasteiger partial charge in [-0.1, -0.05) is 158 Å². The van der Waals surface area contributed by atoms with Crippen LogP contribution in [0.1, 0.15) is 66.8 Å². The van der Waals surface area contributed by atoms with Crippen LogP contribution >= 0.6 is 0 Å².